The molecule has 1 saturated carbocycles. The predicted molar refractivity (Wildman–Crippen MR) is 68.1 cm³/mol. The van der Waals surface area contributed by atoms with Crippen LogP contribution in [0.2, 0.25) is 0 Å². The van der Waals surface area contributed by atoms with Crippen molar-refractivity contribution in [1.82, 2.24) is 4.90 Å². The van der Waals surface area contributed by atoms with Crippen molar-refractivity contribution in [3.63, 3.8) is 0 Å². The molecule has 1 amide bonds. The number of methoxy groups -OCH3 is 2. The number of ether oxygens (including phenoxy) is 2. The third kappa shape index (κ3) is 2.15. The van der Waals surface area contributed by atoms with Crippen LogP contribution in [0, 0.1) is 5.41 Å². The van der Waals surface area contributed by atoms with Gasteiger partial charge in [-0.15, -0.1) is 0 Å². The lowest BCUT2D eigenvalue weighted by atomic mass is 9.83. The van der Waals surface area contributed by atoms with Crippen LogP contribution in [-0.2, 0) is 14.3 Å². The van der Waals surface area contributed by atoms with Gasteiger partial charge < -0.3 is 20.1 Å². The van der Waals surface area contributed by atoms with Gasteiger partial charge in [0.25, 0.3) is 0 Å². The Morgan fingerprint density at radius 1 is 1.28 bits per heavy atom. The van der Waals surface area contributed by atoms with Crippen LogP contribution in [-0.4, -0.2) is 56.4 Å². The molecule has 0 aromatic rings. The Morgan fingerprint density at radius 2 is 1.83 bits per heavy atom. The summed E-state index contributed by atoms with van der Waals surface area (Å²) in [5.41, 5.74) is 5.70. The summed E-state index contributed by atoms with van der Waals surface area (Å²) in [7, 11) is 3.32. The number of likely N-dealkylation sites (tertiary alicyclic amines) is 1. The first-order valence-electron chi connectivity index (χ1n) is 6.63. The van der Waals surface area contributed by atoms with Crippen LogP contribution >= 0.6 is 0 Å². The smallest absolute Gasteiger partial charge is 0.230 e. The van der Waals surface area contributed by atoms with Crippen LogP contribution in [0.25, 0.3) is 0 Å². The van der Waals surface area contributed by atoms with Gasteiger partial charge in [0.05, 0.1) is 5.41 Å². The standard InChI is InChI=1S/C13H24N2O3/c1-13(6-4-5-11(13)14)12(16)15-7-9(17-2)10(8-15)18-3/h9-11H,4-8,14H2,1-3H3. The molecular weight excluding hydrogens is 232 g/mol. The van der Waals surface area contributed by atoms with Crippen molar-refractivity contribution in [3.05, 3.63) is 0 Å². The van der Waals surface area contributed by atoms with E-state index >= 15 is 0 Å². The highest BCUT2D eigenvalue weighted by Gasteiger charge is 2.48. The second-order valence-electron chi connectivity index (χ2n) is 5.67. The van der Waals surface area contributed by atoms with Crippen molar-refractivity contribution in [2.45, 2.75) is 44.4 Å². The maximum Gasteiger partial charge on any atom is 0.230 e. The number of rotatable bonds is 3. The predicted octanol–water partition coefficient (Wildman–Crippen LogP) is 0.376. The molecule has 4 atom stereocenters. The van der Waals surface area contributed by atoms with E-state index in [1.165, 1.54) is 0 Å². The third-order valence-corrected chi connectivity index (χ3v) is 4.63. The highest BCUT2D eigenvalue weighted by atomic mass is 16.5. The number of hydrogen-bond acceptors (Lipinski definition) is 4. The molecule has 0 radical (unpaired) electrons. The lowest BCUT2D eigenvalue weighted by molar-refractivity contribution is -0.141. The first kappa shape index (κ1) is 13.8. The van der Waals surface area contributed by atoms with Crippen LogP contribution in [0.1, 0.15) is 26.2 Å². The number of nitrogens with zero attached hydrogens (tertiary/aromatic N) is 1. The van der Waals surface area contributed by atoms with Crippen molar-refractivity contribution in [1.29, 1.82) is 0 Å². The monoisotopic (exact) mass is 256 g/mol. The average molecular weight is 256 g/mol. The van der Waals surface area contributed by atoms with Crippen LogP contribution < -0.4 is 5.73 Å². The quantitative estimate of drug-likeness (QED) is 0.792. The summed E-state index contributed by atoms with van der Waals surface area (Å²) in [6.07, 6.45) is 2.81. The van der Waals surface area contributed by atoms with Gasteiger partial charge in [-0.3, -0.25) is 4.79 Å². The zero-order chi connectivity index (χ0) is 13.3. The molecule has 2 rings (SSSR count). The van der Waals surface area contributed by atoms with Crippen LogP contribution in [0.15, 0.2) is 0 Å². The SMILES string of the molecule is COC1CN(C(=O)C2(C)CCCC2N)CC1OC. The van der Waals surface area contributed by atoms with Crippen LogP contribution in [0.4, 0.5) is 0 Å². The number of carbonyl (C=O) groups excluding carboxylic acids is 1. The number of nitrogens with two attached hydrogens (primary N) is 1. The van der Waals surface area contributed by atoms with E-state index in [-0.39, 0.29) is 24.2 Å². The fourth-order valence-corrected chi connectivity index (χ4v) is 3.18. The van der Waals surface area contributed by atoms with Gasteiger partial charge in [0.15, 0.2) is 0 Å². The van der Waals surface area contributed by atoms with Crippen LogP contribution in [0.3, 0.4) is 0 Å². The Bertz CT molecular complexity index is 311. The molecule has 0 bridgehead atoms. The Labute approximate surface area is 109 Å². The number of amides is 1. The molecule has 2 fully saturated rings. The Hall–Kier alpha value is -0.650. The molecule has 1 aliphatic heterocycles. The highest BCUT2D eigenvalue weighted by Crippen LogP contribution is 2.39. The Balaban J connectivity index is 2.07. The first-order valence-corrected chi connectivity index (χ1v) is 6.63. The lowest BCUT2D eigenvalue weighted by Gasteiger charge is -2.32. The van der Waals surface area contributed by atoms with Gasteiger partial charge in [-0.1, -0.05) is 6.42 Å². The van der Waals surface area contributed by atoms with E-state index in [1.807, 2.05) is 11.8 Å². The third-order valence-electron chi connectivity index (χ3n) is 4.63. The van der Waals surface area contributed by atoms with E-state index in [1.54, 1.807) is 14.2 Å². The van der Waals surface area contributed by atoms with E-state index in [9.17, 15) is 4.79 Å². The summed E-state index contributed by atoms with van der Waals surface area (Å²) in [5, 5.41) is 0. The van der Waals surface area contributed by atoms with Gasteiger partial charge in [-0.25, -0.2) is 0 Å². The van der Waals surface area contributed by atoms with E-state index in [0.29, 0.717) is 13.1 Å². The van der Waals surface area contributed by atoms with E-state index in [0.717, 1.165) is 19.3 Å². The first-order chi connectivity index (χ1) is 8.52. The van der Waals surface area contributed by atoms with Crippen molar-refractivity contribution >= 4 is 5.91 Å². The molecule has 0 aromatic heterocycles. The minimum atomic E-state index is -0.402. The van der Waals surface area contributed by atoms with Gasteiger partial charge in [0.2, 0.25) is 5.91 Å². The molecule has 1 heterocycles. The largest absolute Gasteiger partial charge is 0.377 e. The summed E-state index contributed by atoms with van der Waals surface area (Å²) >= 11 is 0. The minimum absolute atomic E-state index is 0.0208. The second kappa shape index (κ2) is 5.15. The molecule has 0 aromatic carbocycles. The fourth-order valence-electron chi connectivity index (χ4n) is 3.18. The summed E-state index contributed by atoms with van der Waals surface area (Å²) in [6, 6.07) is -0.0208. The minimum Gasteiger partial charge on any atom is -0.377 e. The summed E-state index contributed by atoms with van der Waals surface area (Å²) < 4.78 is 10.7. The van der Waals surface area contributed by atoms with Crippen molar-refractivity contribution in [2.24, 2.45) is 11.1 Å². The normalized spacial score (nSPS) is 40.4. The van der Waals surface area contributed by atoms with Gasteiger partial charge in [0, 0.05) is 33.4 Å². The molecule has 1 aliphatic carbocycles. The molecule has 5 nitrogen and oxygen atoms in total. The zero-order valence-electron chi connectivity index (χ0n) is 11.5. The van der Waals surface area contributed by atoms with Gasteiger partial charge in [0.1, 0.15) is 12.2 Å². The molecule has 5 heteroatoms. The van der Waals surface area contributed by atoms with Crippen molar-refractivity contribution in [3.8, 4) is 0 Å². The Kier molecular flexibility index (Phi) is 3.94. The summed E-state index contributed by atoms with van der Waals surface area (Å²) in [5.74, 6) is 0.161. The average Bonchev–Trinajstić information content (AvgIpc) is 2.93. The molecule has 1 saturated heterocycles. The summed E-state index contributed by atoms with van der Waals surface area (Å²) in [4.78, 5) is 14.5. The molecule has 4 unspecified atom stereocenters. The molecule has 18 heavy (non-hydrogen) atoms. The Morgan fingerprint density at radius 3 is 2.22 bits per heavy atom. The zero-order valence-corrected chi connectivity index (χ0v) is 11.5. The van der Waals surface area contributed by atoms with Gasteiger partial charge in [-0.2, -0.15) is 0 Å². The second-order valence-corrected chi connectivity index (χ2v) is 5.67. The van der Waals surface area contributed by atoms with Crippen LogP contribution in [0.5, 0.6) is 0 Å². The van der Waals surface area contributed by atoms with Crippen molar-refractivity contribution < 1.29 is 14.3 Å². The maximum atomic E-state index is 12.6. The number of hydrogen-bond donors (Lipinski definition) is 1. The molecule has 104 valence electrons. The van der Waals surface area contributed by atoms with E-state index < -0.39 is 5.41 Å². The molecule has 2 N–H and O–H groups in total. The van der Waals surface area contributed by atoms with Gasteiger partial charge >= 0.3 is 0 Å². The lowest BCUT2D eigenvalue weighted by Crippen LogP contribution is -2.49. The molecule has 0 spiro atoms. The maximum absolute atomic E-state index is 12.6. The number of carbonyl (C=O) groups is 1. The fraction of sp³-hybridized carbons (Fsp3) is 0.923. The highest BCUT2D eigenvalue weighted by molar-refractivity contribution is 5.84. The summed E-state index contributed by atoms with van der Waals surface area (Å²) in [6.45, 7) is 3.21. The molecular formula is C13H24N2O3. The van der Waals surface area contributed by atoms with Crippen molar-refractivity contribution in [2.75, 3.05) is 27.3 Å². The topological polar surface area (TPSA) is 64.8 Å². The van der Waals surface area contributed by atoms with Gasteiger partial charge in [-0.05, 0) is 19.8 Å². The van der Waals surface area contributed by atoms with E-state index in [4.69, 9.17) is 15.2 Å². The molecule has 2 aliphatic rings. The van der Waals surface area contributed by atoms with E-state index in [2.05, 4.69) is 0 Å².